The highest BCUT2D eigenvalue weighted by molar-refractivity contribution is 6.33. The molecule has 0 amide bonds. The van der Waals surface area contributed by atoms with Crippen molar-refractivity contribution >= 4 is 28.3 Å². The van der Waals surface area contributed by atoms with Gasteiger partial charge in [-0.1, -0.05) is 29.8 Å². The second-order valence-corrected chi connectivity index (χ2v) is 7.35. The summed E-state index contributed by atoms with van der Waals surface area (Å²) in [6.45, 7) is 3.49. The molecule has 0 bridgehead atoms. The van der Waals surface area contributed by atoms with E-state index < -0.39 is 12.4 Å². The number of benzene rings is 2. The van der Waals surface area contributed by atoms with Gasteiger partial charge in [-0.3, -0.25) is 9.78 Å². The van der Waals surface area contributed by atoms with Gasteiger partial charge in [0.1, 0.15) is 12.3 Å². The van der Waals surface area contributed by atoms with Crippen LogP contribution in [0.3, 0.4) is 0 Å². The van der Waals surface area contributed by atoms with Gasteiger partial charge >= 0.3 is 0 Å². The lowest BCUT2D eigenvalue weighted by molar-refractivity contribution is 0.0899. The SMILES string of the molecule is Cc1cc2nc(C(=O)CO)cc(-c3ccccc3Cl)c2c(C)c1-c1ccncc1. The molecule has 5 heteroatoms. The summed E-state index contributed by atoms with van der Waals surface area (Å²) in [5, 5.41) is 10.9. The minimum Gasteiger partial charge on any atom is -0.388 e. The van der Waals surface area contributed by atoms with Gasteiger partial charge in [0.15, 0.2) is 0 Å². The van der Waals surface area contributed by atoms with Crippen LogP contribution < -0.4 is 0 Å². The highest BCUT2D eigenvalue weighted by Crippen LogP contribution is 2.39. The summed E-state index contributed by atoms with van der Waals surface area (Å²) in [6, 6.07) is 15.2. The molecule has 0 aliphatic carbocycles. The fourth-order valence-electron chi connectivity index (χ4n) is 3.84. The molecule has 0 saturated carbocycles. The molecule has 2 heterocycles. The van der Waals surface area contributed by atoms with Crippen molar-refractivity contribution in [2.75, 3.05) is 6.61 Å². The van der Waals surface area contributed by atoms with Gasteiger partial charge in [0.25, 0.3) is 0 Å². The van der Waals surface area contributed by atoms with Crippen LogP contribution in [0.5, 0.6) is 0 Å². The van der Waals surface area contributed by atoms with Crippen molar-refractivity contribution in [3.8, 4) is 22.3 Å². The molecule has 4 nitrogen and oxygen atoms in total. The topological polar surface area (TPSA) is 63.1 Å². The lowest BCUT2D eigenvalue weighted by atomic mass is 9.89. The van der Waals surface area contributed by atoms with Gasteiger partial charge in [0.05, 0.1) is 5.52 Å². The van der Waals surface area contributed by atoms with Crippen molar-refractivity contribution in [1.29, 1.82) is 0 Å². The van der Waals surface area contributed by atoms with Gasteiger partial charge in [-0.2, -0.15) is 0 Å². The number of aliphatic hydroxyl groups excluding tert-OH is 1. The summed E-state index contributed by atoms with van der Waals surface area (Å²) < 4.78 is 0. The first-order valence-electron chi connectivity index (χ1n) is 9.25. The summed E-state index contributed by atoms with van der Waals surface area (Å²) >= 11 is 6.50. The lowest BCUT2D eigenvalue weighted by Gasteiger charge is -2.18. The van der Waals surface area contributed by atoms with Gasteiger partial charge in [-0.05, 0) is 72.0 Å². The number of fused-ring (bicyclic) bond motifs is 1. The molecule has 4 rings (SSSR count). The van der Waals surface area contributed by atoms with Crippen LogP contribution in [-0.4, -0.2) is 27.5 Å². The van der Waals surface area contributed by atoms with E-state index in [-0.39, 0.29) is 5.69 Å². The molecule has 0 fully saturated rings. The standard InChI is InChI=1S/C24H19ClN2O2/c1-14-11-21-24(15(2)23(14)16-7-9-26-10-8-16)18(12-20(27-21)22(29)13-28)17-5-3-4-6-19(17)25/h3-12,28H,13H2,1-2H3. The number of carbonyl (C=O) groups excluding carboxylic acids is 1. The number of Topliss-reactive ketones (excluding diaryl/α,β-unsaturated/α-hetero) is 1. The minimum atomic E-state index is -0.590. The van der Waals surface area contributed by atoms with Crippen LogP contribution in [0.25, 0.3) is 33.2 Å². The summed E-state index contributed by atoms with van der Waals surface area (Å²) in [7, 11) is 0. The van der Waals surface area contributed by atoms with Gasteiger partial charge in [0, 0.05) is 28.4 Å². The minimum absolute atomic E-state index is 0.227. The monoisotopic (exact) mass is 402 g/mol. The molecular formula is C24H19ClN2O2. The summed E-state index contributed by atoms with van der Waals surface area (Å²) in [4.78, 5) is 20.9. The largest absolute Gasteiger partial charge is 0.388 e. The number of aromatic nitrogens is 2. The maximum Gasteiger partial charge on any atom is 0.206 e. The predicted octanol–water partition coefficient (Wildman–Crippen LogP) is 5.41. The van der Waals surface area contributed by atoms with Crippen molar-refractivity contribution in [1.82, 2.24) is 9.97 Å². The van der Waals surface area contributed by atoms with E-state index in [4.69, 9.17) is 11.6 Å². The molecule has 0 aliphatic rings. The van der Waals surface area contributed by atoms with Crippen LogP contribution in [-0.2, 0) is 0 Å². The lowest BCUT2D eigenvalue weighted by Crippen LogP contribution is -2.08. The van der Waals surface area contributed by atoms with Gasteiger partial charge in [0.2, 0.25) is 5.78 Å². The Kier molecular flexibility index (Phi) is 5.14. The molecule has 1 N–H and O–H groups in total. The number of carbonyl (C=O) groups is 1. The van der Waals surface area contributed by atoms with E-state index in [2.05, 4.69) is 16.9 Å². The first-order valence-corrected chi connectivity index (χ1v) is 9.63. The van der Waals surface area contributed by atoms with Crippen LogP contribution in [0.1, 0.15) is 21.6 Å². The molecule has 29 heavy (non-hydrogen) atoms. The number of nitrogens with zero attached hydrogens (tertiary/aromatic N) is 2. The molecule has 4 aromatic rings. The van der Waals surface area contributed by atoms with E-state index >= 15 is 0 Å². The van der Waals surface area contributed by atoms with Gasteiger partial charge in [-0.15, -0.1) is 0 Å². The number of hydrogen-bond acceptors (Lipinski definition) is 4. The van der Waals surface area contributed by atoms with Crippen molar-refractivity contribution in [2.24, 2.45) is 0 Å². The van der Waals surface area contributed by atoms with Crippen LogP contribution in [0.15, 0.2) is 60.9 Å². The van der Waals surface area contributed by atoms with E-state index in [1.54, 1.807) is 18.5 Å². The smallest absolute Gasteiger partial charge is 0.206 e. The first kappa shape index (κ1) is 19.2. The van der Waals surface area contributed by atoms with Gasteiger partial charge in [-0.25, -0.2) is 4.98 Å². The normalized spacial score (nSPS) is 11.0. The second-order valence-electron chi connectivity index (χ2n) is 6.94. The maximum atomic E-state index is 12.2. The summed E-state index contributed by atoms with van der Waals surface area (Å²) in [5.41, 5.74) is 6.85. The predicted molar refractivity (Wildman–Crippen MR) is 116 cm³/mol. The Hall–Kier alpha value is -3.08. The quantitative estimate of drug-likeness (QED) is 0.463. The van der Waals surface area contributed by atoms with Crippen LogP contribution in [0.2, 0.25) is 5.02 Å². The fourth-order valence-corrected chi connectivity index (χ4v) is 4.08. The zero-order valence-electron chi connectivity index (χ0n) is 16.1. The fraction of sp³-hybridized carbons (Fsp3) is 0.125. The Bertz CT molecular complexity index is 1240. The Morgan fingerprint density at radius 2 is 1.76 bits per heavy atom. The van der Waals surface area contributed by atoms with E-state index in [0.29, 0.717) is 10.5 Å². The Morgan fingerprint density at radius 3 is 2.45 bits per heavy atom. The maximum absolute atomic E-state index is 12.2. The van der Waals surface area contributed by atoms with Crippen LogP contribution in [0, 0.1) is 13.8 Å². The third-order valence-electron chi connectivity index (χ3n) is 5.11. The third-order valence-corrected chi connectivity index (χ3v) is 5.44. The number of rotatable bonds is 4. The van der Waals surface area contributed by atoms with E-state index in [9.17, 15) is 9.90 Å². The zero-order valence-corrected chi connectivity index (χ0v) is 16.9. The Balaban J connectivity index is 2.13. The van der Waals surface area contributed by atoms with Crippen molar-refractivity contribution in [3.63, 3.8) is 0 Å². The molecule has 0 atom stereocenters. The highest BCUT2D eigenvalue weighted by atomic mass is 35.5. The second kappa shape index (κ2) is 7.74. The zero-order chi connectivity index (χ0) is 20.5. The number of pyridine rings is 2. The first-order chi connectivity index (χ1) is 14.0. The Labute approximate surface area is 173 Å². The average Bonchev–Trinajstić information content (AvgIpc) is 2.73. The molecule has 0 saturated heterocycles. The Morgan fingerprint density at radius 1 is 1.03 bits per heavy atom. The van der Waals surface area contributed by atoms with E-state index in [0.717, 1.165) is 38.8 Å². The molecular weight excluding hydrogens is 384 g/mol. The molecule has 144 valence electrons. The number of ketones is 1. The third kappa shape index (κ3) is 3.41. The average molecular weight is 403 g/mol. The van der Waals surface area contributed by atoms with Crippen LogP contribution in [0.4, 0.5) is 0 Å². The van der Waals surface area contributed by atoms with Crippen molar-refractivity contribution in [3.05, 3.63) is 82.8 Å². The van der Waals surface area contributed by atoms with Crippen LogP contribution >= 0.6 is 11.6 Å². The number of aliphatic hydroxyl groups is 1. The summed E-state index contributed by atoms with van der Waals surface area (Å²) in [6.07, 6.45) is 3.54. The summed E-state index contributed by atoms with van der Waals surface area (Å²) in [5.74, 6) is -0.422. The number of hydrogen-bond donors (Lipinski definition) is 1. The van der Waals surface area contributed by atoms with E-state index in [1.807, 2.05) is 49.4 Å². The number of aryl methyl sites for hydroxylation is 2. The molecule has 0 radical (unpaired) electrons. The molecule has 0 unspecified atom stereocenters. The molecule has 0 spiro atoms. The highest BCUT2D eigenvalue weighted by Gasteiger charge is 2.19. The molecule has 2 aromatic carbocycles. The van der Waals surface area contributed by atoms with E-state index in [1.165, 1.54) is 0 Å². The number of halogens is 1. The van der Waals surface area contributed by atoms with Crippen molar-refractivity contribution < 1.29 is 9.90 Å². The van der Waals surface area contributed by atoms with Gasteiger partial charge < -0.3 is 5.11 Å². The van der Waals surface area contributed by atoms with Crippen molar-refractivity contribution in [2.45, 2.75) is 13.8 Å². The molecule has 0 aliphatic heterocycles. The molecule has 2 aromatic heterocycles.